The number of benzene rings is 2. The highest BCUT2D eigenvalue weighted by atomic mass is 16.6. The van der Waals surface area contributed by atoms with Crippen molar-refractivity contribution in [3.05, 3.63) is 88.2 Å². The summed E-state index contributed by atoms with van der Waals surface area (Å²) < 4.78 is 0. The quantitative estimate of drug-likeness (QED) is 0.518. The van der Waals surface area contributed by atoms with E-state index in [-0.39, 0.29) is 17.3 Å². The van der Waals surface area contributed by atoms with Crippen LogP contribution in [0.2, 0.25) is 0 Å². The molecular formula is C19H19N5O2. The van der Waals surface area contributed by atoms with E-state index >= 15 is 0 Å². The van der Waals surface area contributed by atoms with E-state index in [0.29, 0.717) is 13.1 Å². The zero-order valence-corrected chi connectivity index (χ0v) is 14.4. The van der Waals surface area contributed by atoms with Gasteiger partial charge in [0.2, 0.25) is 11.6 Å². The molecule has 0 amide bonds. The number of hydrogen-bond acceptors (Lipinski definition) is 6. The van der Waals surface area contributed by atoms with E-state index in [9.17, 15) is 10.1 Å². The second-order valence-electron chi connectivity index (χ2n) is 5.83. The van der Waals surface area contributed by atoms with Crippen molar-refractivity contribution < 1.29 is 4.92 Å². The molecule has 0 aliphatic heterocycles. The fourth-order valence-electron chi connectivity index (χ4n) is 2.66. The summed E-state index contributed by atoms with van der Waals surface area (Å²) in [6.07, 6.45) is 1.34. The smallest absolute Gasteiger partial charge is 0.353 e. The molecule has 1 N–H and O–H groups in total. The van der Waals surface area contributed by atoms with Crippen LogP contribution < -0.4 is 10.2 Å². The van der Waals surface area contributed by atoms with Gasteiger partial charge in [-0.2, -0.15) is 0 Å². The van der Waals surface area contributed by atoms with Crippen molar-refractivity contribution in [2.45, 2.75) is 13.1 Å². The number of nitro groups is 1. The van der Waals surface area contributed by atoms with Crippen LogP contribution in [0.25, 0.3) is 0 Å². The van der Waals surface area contributed by atoms with Gasteiger partial charge in [0.1, 0.15) is 6.33 Å². The first-order chi connectivity index (χ1) is 12.6. The SMILES string of the molecule is CN(Cc1ccccc1)c1ncnc(NCc2ccccc2)c1[N+](=O)[O-]. The first-order valence-corrected chi connectivity index (χ1v) is 8.17. The Morgan fingerprint density at radius 3 is 2.23 bits per heavy atom. The molecule has 7 nitrogen and oxygen atoms in total. The highest BCUT2D eigenvalue weighted by molar-refractivity contribution is 5.70. The number of anilines is 2. The van der Waals surface area contributed by atoms with E-state index in [4.69, 9.17) is 0 Å². The second kappa shape index (κ2) is 8.06. The number of hydrogen-bond donors (Lipinski definition) is 1. The third-order valence-electron chi connectivity index (χ3n) is 3.91. The maximum Gasteiger partial charge on any atom is 0.353 e. The van der Waals surface area contributed by atoms with Gasteiger partial charge in [0.25, 0.3) is 0 Å². The molecule has 3 aromatic rings. The molecule has 26 heavy (non-hydrogen) atoms. The van der Waals surface area contributed by atoms with Gasteiger partial charge in [0.15, 0.2) is 0 Å². The van der Waals surface area contributed by atoms with Gasteiger partial charge in [0.05, 0.1) is 4.92 Å². The molecule has 0 atom stereocenters. The van der Waals surface area contributed by atoms with Crippen LogP contribution in [0.4, 0.5) is 17.3 Å². The highest BCUT2D eigenvalue weighted by Crippen LogP contribution is 2.32. The van der Waals surface area contributed by atoms with Crippen LogP contribution in [-0.2, 0) is 13.1 Å². The Kier molecular flexibility index (Phi) is 5.38. The minimum atomic E-state index is -0.440. The third-order valence-corrected chi connectivity index (χ3v) is 3.91. The first kappa shape index (κ1) is 17.3. The molecule has 0 saturated heterocycles. The lowest BCUT2D eigenvalue weighted by atomic mass is 10.2. The van der Waals surface area contributed by atoms with Crippen molar-refractivity contribution in [3.8, 4) is 0 Å². The van der Waals surface area contributed by atoms with Gasteiger partial charge in [-0.3, -0.25) is 10.1 Å². The largest absolute Gasteiger partial charge is 0.360 e. The van der Waals surface area contributed by atoms with Crippen molar-refractivity contribution in [3.63, 3.8) is 0 Å². The van der Waals surface area contributed by atoms with Crippen LogP contribution >= 0.6 is 0 Å². The lowest BCUT2D eigenvalue weighted by molar-refractivity contribution is -0.383. The maximum atomic E-state index is 11.7. The summed E-state index contributed by atoms with van der Waals surface area (Å²) in [5.41, 5.74) is 1.93. The van der Waals surface area contributed by atoms with Crippen LogP contribution in [0, 0.1) is 10.1 Å². The zero-order valence-electron chi connectivity index (χ0n) is 14.4. The molecule has 1 heterocycles. The normalized spacial score (nSPS) is 10.3. The van der Waals surface area contributed by atoms with E-state index in [0.717, 1.165) is 11.1 Å². The van der Waals surface area contributed by atoms with Gasteiger partial charge in [-0.25, -0.2) is 9.97 Å². The Hall–Kier alpha value is -3.48. The molecule has 3 rings (SSSR count). The molecule has 7 heteroatoms. The van der Waals surface area contributed by atoms with E-state index in [1.165, 1.54) is 6.33 Å². The Labute approximate surface area is 151 Å². The Morgan fingerprint density at radius 2 is 1.62 bits per heavy atom. The lowest BCUT2D eigenvalue weighted by Gasteiger charge is -2.19. The van der Waals surface area contributed by atoms with Gasteiger partial charge in [0, 0.05) is 20.1 Å². The van der Waals surface area contributed by atoms with Gasteiger partial charge < -0.3 is 10.2 Å². The molecule has 0 aliphatic carbocycles. The Balaban J connectivity index is 1.84. The van der Waals surface area contributed by atoms with Crippen LogP contribution in [0.5, 0.6) is 0 Å². The lowest BCUT2D eigenvalue weighted by Crippen LogP contribution is -2.20. The highest BCUT2D eigenvalue weighted by Gasteiger charge is 2.25. The minimum Gasteiger partial charge on any atom is -0.360 e. The van der Waals surface area contributed by atoms with Crippen molar-refractivity contribution in [2.75, 3.05) is 17.3 Å². The number of nitrogens with zero attached hydrogens (tertiary/aromatic N) is 4. The predicted octanol–water partition coefficient (Wildman–Crippen LogP) is 3.63. The summed E-state index contributed by atoms with van der Waals surface area (Å²) in [6.45, 7) is 0.956. The van der Waals surface area contributed by atoms with Gasteiger partial charge in [-0.1, -0.05) is 60.7 Å². The molecule has 0 saturated carbocycles. The number of aromatic nitrogens is 2. The van der Waals surface area contributed by atoms with Gasteiger partial charge >= 0.3 is 5.69 Å². The summed E-state index contributed by atoms with van der Waals surface area (Å²) in [7, 11) is 1.78. The average molecular weight is 349 g/mol. The van der Waals surface area contributed by atoms with Crippen molar-refractivity contribution >= 4 is 17.3 Å². The average Bonchev–Trinajstić information content (AvgIpc) is 2.67. The van der Waals surface area contributed by atoms with Crippen molar-refractivity contribution in [1.29, 1.82) is 0 Å². The standard InChI is InChI=1S/C19H19N5O2/c1-23(13-16-10-6-3-7-11-16)19-17(24(25)26)18(21-14-22-19)20-12-15-8-4-2-5-9-15/h2-11,14H,12-13H2,1H3,(H,20,21,22). The van der Waals surface area contributed by atoms with Crippen molar-refractivity contribution in [1.82, 2.24) is 9.97 Å². The zero-order chi connectivity index (χ0) is 18.4. The summed E-state index contributed by atoms with van der Waals surface area (Å²) in [5, 5.41) is 14.7. The van der Waals surface area contributed by atoms with E-state index in [1.54, 1.807) is 11.9 Å². The molecule has 0 unspecified atom stereocenters. The predicted molar refractivity (Wildman–Crippen MR) is 101 cm³/mol. The van der Waals surface area contributed by atoms with E-state index < -0.39 is 4.92 Å². The number of nitrogens with one attached hydrogen (secondary N) is 1. The second-order valence-corrected chi connectivity index (χ2v) is 5.83. The Bertz CT molecular complexity index is 872. The summed E-state index contributed by atoms with van der Waals surface area (Å²) in [5.74, 6) is 0.494. The van der Waals surface area contributed by atoms with Crippen LogP contribution in [0.15, 0.2) is 67.0 Å². The minimum absolute atomic E-state index is 0.123. The molecule has 132 valence electrons. The molecule has 2 aromatic carbocycles. The van der Waals surface area contributed by atoms with Crippen LogP contribution in [-0.4, -0.2) is 21.9 Å². The maximum absolute atomic E-state index is 11.7. The molecule has 0 bridgehead atoms. The fourth-order valence-corrected chi connectivity index (χ4v) is 2.66. The monoisotopic (exact) mass is 349 g/mol. The summed E-state index contributed by atoms with van der Waals surface area (Å²) in [4.78, 5) is 21.2. The molecule has 0 spiro atoms. The molecule has 0 aliphatic rings. The van der Waals surface area contributed by atoms with E-state index in [2.05, 4.69) is 15.3 Å². The molecular weight excluding hydrogens is 330 g/mol. The van der Waals surface area contributed by atoms with Gasteiger partial charge in [-0.05, 0) is 11.1 Å². The summed E-state index contributed by atoms with van der Waals surface area (Å²) >= 11 is 0. The van der Waals surface area contributed by atoms with Crippen molar-refractivity contribution in [2.24, 2.45) is 0 Å². The third kappa shape index (κ3) is 4.13. The molecule has 0 radical (unpaired) electrons. The van der Waals surface area contributed by atoms with Gasteiger partial charge in [-0.15, -0.1) is 0 Å². The van der Waals surface area contributed by atoms with E-state index in [1.807, 2.05) is 60.7 Å². The summed E-state index contributed by atoms with van der Waals surface area (Å²) in [6, 6.07) is 19.4. The molecule has 1 aromatic heterocycles. The number of rotatable bonds is 7. The van der Waals surface area contributed by atoms with Crippen LogP contribution in [0.1, 0.15) is 11.1 Å². The molecule has 0 fully saturated rings. The first-order valence-electron chi connectivity index (χ1n) is 8.17. The topological polar surface area (TPSA) is 84.2 Å². The van der Waals surface area contributed by atoms with Crippen LogP contribution in [0.3, 0.4) is 0 Å². The fraction of sp³-hybridized carbons (Fsp3) is 0.158. The Morgan fingerprint density at radius 1 is 1.00 bits per heavy atom.